The van der Waals surface area contributed by atoms with Crippen LogP contribution < -0.4 is 10.5 Å². The fourth-order valence-corrected chi connectivity index (χ4v) is 1.66. The number of nitrogen functional groups attached to an aromatic ring is 1. The molecule has 0 fully saturated rings. The molecule has 0 aliphatic heterocycles. The third kappa shape index (κ3) is 2.30. The van der Waals surface area contributed by atoms with Crippen LogP contribution in [0.2, 0.25) is 0 Å². The van der Waals surface area contributed by atoms with Crippen LogP contribution in [0.4, 0.5) is 10.3 Å². The maximum absolute atomic E-state index is 12.8. The molecule has 0 atom stereocenters. The van der Waals surface area contributed by atoms with Crippen molar-refractivity contribution in [1.82, 2.24) is 19.9 Å². The number of benzene rings is 1. The molecule has 2 heterocycles. The molecule has 0 aliphatic carbocycles. The molecule has 0 amide bonds. The van der Waals surface area contributed by atoms with Gasteiger partial charge in [-0.1, -0.05) is 12.1 Å². The average Bonchev–Trinajstić information content (AvgIpc) is 2.85. The van der Waals surface area contributed by atoms with Gasteiger partial charge in [0.05, 0.1) is 6.33 Å². The maximum atomic E-state index is 12.8. The van der Waals surface area contributed by atoms with E-state index in [9.17, 15) is 4.39 Å². The Balaban J connectivity index is 1.85. The summed E-state index contributed by atoms with van der Waals surface area (Å²) < 4.78 is 18.3. The van der Waals surface area contributed by atoms with E-state index in [-0.39, 0.29) is 18.4 Å². The molecule has 0 radical (unpaired) electrons. The van der Waals surface area contributed by atoms with Crippen LogP contribution in [0, 0.1) is 5.82 Å². The van der Waals surface area contributed by atoms with Crippen LogP contribution in [-0.2, 0) is 6.61 Å². The number of hydrogen-bond donors (Lipinski definition) is 2. The van der Waals surface area contributed by atoms with Crippen LogP contribution in [0.15, 0.2) is 30.6 Å². The minimum absolute atomic E-state index is 0.0914. The molecule has 0 bridgehead atoms. The fraction of sp³-hybridized carbons (Fsp3) is 0.0833. The number of nitrogens with two attached hydrogens (primary N) is 1. The first kappa shape index (κ1) is 11.4. The Morgan fingerprint density at radius 2 is 2.00 bits per heavy atom. The first-order valence-electron chi connectivity index (χ1n) is 5.56. The number of ether oxygens (including phenoxy) is 1. The standard InChI is InChI=1S/C12H10FN5O/c13-8-3-1-7(2-4-8)5-19-11-9-10(16-6-15-9)17-12(14)18-11/h1-4,6H,5H2,(H3,14,15,16,17,18)/i13-1. The van der Waals surface area contributed by atoms with E-state index >= 15 is 0 Å². The van der Waals surface area contributed by atoms with E-state index in [2.05, 4.69) is 19.9 Å². The highest BCUT2D eigenvalue weighted by molar-refractivity contribution is 5.76. The van der Waals surface area contributed by atoms with Crippen molar-refractivity contribution in [2.75, 3.05) is 5.73 Å². The van der Waals surface area contributed by atoms with Gasteiger partial charge in [-0.05, 0) is 17.7 Å². The quantitative estimate of drug-likeness (QED) is 0.745. The predicted octanol–water partition coefficient (Wildman–Crippen LogP) is 1.65. The molecule has 6 nitrogen and oxygen atoms in total. The number of rotatable bonds is 3. The average molecular weight is 258 g/mol. The second-order valence-corrected chi connectivity index (χ2v) is 3.90. The minimum atomic E-state index is -0.286. The molecular weight excluding hydrogens is 248 g/mol. The molecule has 0 aliphatic rings. The van der Waals surface area contributed by atoms with E-state index in [0.717, 1.165) is 5.56 Å². The Kier molecular flexibility index (Phi) is 2.71. The molecule has 2 aromatic heterocycles. The number of halogens is 1. The van der Waals surface area contributed by atoms with Gasteiger partial charge in [-0.3, -0.25) is 0 Å². The van der Waals surface area contributed by atoms with Crippen molar-refractivity contribution < 1.29 is 9.13 Å². The number of imidazole rings is 1. The summed E-state index contributed by atoms with van der Waals surface area (Å²) in [6, 6.07) is 6.03. The number of nitrogens with zero attached hydrogens (tertiary/aromatic N) is 3. The van der Waals surface area contributed by atoms with Crippen molar-refractivity contribution in [3.8, 4) is 5.88 Å². The Morgan fingerprint density at radius 1 is 1.21 bits per heavy atom. The summed E-state index contributed by atoms with van der Waals surface area (Å²) in [6.45, 7) is 0.255. The Labute approximate surface area is 107 Å². The largest absolute Gasteiger partial charge is 0.471 e. The van der Waals surface area contributed by atoms with Crippen LogP contribution >= 0.6 is 0 Å². The van der Waals surface area contributed by atoms with Gasteiger partial charge in [0.2, 0.25) is 11.8 Å². The predicted molar refractivity (Wildman–Crippen MR) is 66.8 cm³/mol. The van der Waals surface area contributed by atoms with Gasteiger partial charge in [-0.25, -0.2) is 9.37 Å². The molecule has 19 heavy (non-hydrogen) atoms. The first-order valence-corrected chi connectivity index (χ1v) is 5.56. The van der Waals surface area contributed by atoms with Crippen LogP contribution in [0.1, 0.15) is 5.56 Å². The van der Waals surface area contributed by atoms with Crippen LogP contribution in [0.5, 0.6) is 5.88 Å². The highest BCUT2D eigenvalue weighted by atomic mass is 18.2. The number of aromatic amines is 1. The molecule has 96 valence electrons. The summed E-state index contributed by atoms with van der Waals surface area (Å²) >= 11 is 0. The zero-order chi connectivity index (χ0) is 13.2. The van der Waals surface area contributed by atoms with Gasteiger partial charge in [0.1, 0.15) is 17.9 Å². The van der Waals surface area contributed by atoms with Crippen molar-refractivity contribution in [2.24, 2.45) is 0 Å². The fourth-order valence-electron chi connectivity index (χ4n) is 1.66. The Morgan fingerprint density at radius 3 is 2.79 bits per heavy atom. The smallest absolute Gasteiger partial charge is 0.245 e. The monoisotopic (exact) mass is 258 g/mol. The second-order valence-electron chi connectivity index (χ2n) is 3.90. The van der Waals surface area contributed by atoms with Crippen LogP contribution in [-0.4, -0.2) is 19.9 Å². The Hall–Kier alpha value is -2.70. The van der Waals surface area contributed by atoms with E-state index in [4.69, 9.17) is 10.5 Å². The van der Waals surface area contributed by atoms with Gasteiger partial charge < -0.3 is 15.5 Å². The summed E-state index contributed by atoms with van der Waals surface area (Å²) in [7, 11) is 0. The van der Waals surface area contributed by atoms with E-state index in [1.807, 2.05) is 0 Å². The second kappa shape index (κ2) is 4.52. The van der Waals surface area contributed by atoms with E-state index in [1.54, 1.807) is 12.1 Å². The molecule has 3 N–H and O–H groups in total. The van der Waals surface area contributed by atoms with Gasteiger partial charge in [0.25, 0.3) is 0 Å². The summed E-state index contributed by atoms with van der Waals surface area (Å²) in [4.78, 5) is 14.8. The molecule has 0 spiro atoms. The molecule has 1 aromatic carbocycles. The molecule has 7 heteroatoms. The molecule has 3 aromatic rings. The minimum Gasteiger partial charge on any atom is -0.471 e. The summed E-state index contributed by atoms with van der Waals surface area (Å²) in [5.41, 5.74) is 7.42. The van der Waals surface area contributed by atoms with Crippen molar-refractivity contribution in [1.29, 1.82) is 0 Å². The first-order chi connectivity index (χ1) is 9.22. The van der Waals surface area contributed by atoms with Gasteiger partial charge in [0.15, 0.2) is 5.65 Å². The lowest BCUT2D eigenvalue weighted by Crippen LogP contribution is -2.02. The van der Waals surface area contributed by atoms with Crippen molar-refractivity contribution in [3.05, 3.63) is 42.0 Å². The third-order valence-corrected chi connectivity index (χ3v) is 2.56. The molecule has 0 unspecified atom stereocenters. The number of nitrogens with one attached hydrogen (secondary N) is 1. The van der Waals surface area contributed by atoms with E-state index in [1.165, 1.54) is 18.5 Å². The van der Waals surface area contributed by atoms with E-state index < -0.39 is 0 Å². The normalized spacial score (nSPS) is 10.8. The maximum Gasteiger partial charge on any atom is 0.245 e. The van der Waals surface area contributed by atoms with Gasteiger partial charge in [-0.15, -0.1) is 0 Å². The number of aromatic nitrogens is 4. The van der Waals surface area contributed by atoms with Crippen molar-refractivity contribution in [2.45, 2.75) is 6.61 Å². The van der Waals surface area contributed by atoms with Gasteiger partial charge in [0, 0.05) is 0 Å². The lowest BCUT2D eigenvalue weighted by Gasteiger charge is -2.06. The van der Waals surface area contributed by atoms with E-state index in [0.29, 0.717) is 17.0 Å². The summed E-state index contributed by atoms with van der Waals surface area (Å²) in [6.07, 6.45) is 1.49. The lowest BCUT2D eigenvalue weighted by molar-refractivity contribution is 0.297. The zero-order valence-electron chi connectivity index (χ0n) is 9.80. The number of fused-ring (bicyclic) bond motifs is 1. The summed E-state index contributed by atoms with van der Waals surface area (Å²) in [5, 5.41) is 0. The zero-order valence-corrected chi connectivity index (χ0v) is 9.80. The number of H-pyrrole nitrogens is 1. The van der Waals surface area contributed by atoms with Crippen molar-refractivity contribution in [3.63, 3.8) is 0 Å². The van der Waals surface area contributed by atoms with Crippen molar-refractivity contribution >= 4 is 17.1 Å². The highest BCUT2D eigenvalue weighted by Gasteiger charge is 2.09. The molecular formula is C12H10FN5O. The van der Waals surface area contributed by atoms with Crippen LogP contribution in [0.25, 0.3) is 11.2 Å². The Bertz CT molecular complexity index is 710. The molecule has 0 saturated heterocycles. The number of hydrogen-bond acceptors (Lipinski definition) is 5. The number of anilines is 1. The molecule has 3 rings (SSSR count). The topological polar surface area (TPSA) is 89.7 Å². The summed E-state index contributed by atoms with van der Waals surface area (Å²) in [5.74, 6) is 0.129. The third-order valence-electron chi connectivity index (χ3n) is 2.56. The van der Waals surface area contributed by atoms with Gasteiger partial charge in [-0.2, -0.15) is 9.97 Å². The lowest BCUT2D eigenvalue weighted by atomic mass is 10.2. The SMILES string of the molecule is Nc1nc(OCc2ccc([18F])cc2)c2[nH]cnc2n1. The molecule has 0 saturated carbocycles. The highest BCUT2D eigenvalue weighted by Crippen LogP contribution is 2.20. The van der Waals surface area contributed by atoms with Gasteiger partial charge >= 0.3 is 0 Å². The van der Waals surface area contributed by atoms with Crippen LogP contribution in [0.3, 0.4) is 0 Å².